The Morgan fingerprint density at radius 3 is 2.67 bits per heavy atom. The molecule has 1 aromatic carbocycles. The third-order valence-electron chi connectivity index (χ3n) is 3.13. The lowest BCUT2D eigenvalue weighted by atomic mass is 10.0. The van der Waals surface area contributed by atoms with E-state index >= 15 is 0 Å². The van der Waals surface area contributed by atoms with Crippen LogP contribution in [0.15, 0.2) is 29.6 Å². The van der Waals surface area contributed by atoms with Crippen LogP contribution in [0.3, 0.4) is 0 Å². The van der Waals surface area contributed by atoms with Gasteiger partial charge in [-0.2, -0.15) is 5.10 Å². The Kier molecular flexibility index (Phi) is 3.70. The molecule has 0 saturated carbocycles. The minimum Gasteiger partial charge on any atom is -0.383 e. The van der Waals surface area contributed by atoms with E-state index < -0.39 is 11.6 Å². The molecule has 0 aliphatic carbocycles. The molecule has 0 aliphatic heterocycles. The van der Waals surface area contributed by atoms with Gasteiger partial charge in [0, 0.05) is 29.6 Å². The van der Waals surface area contributed by atoms with Crippen LogP contribution >= 0.6 is 33.9 Å². The second-order valence-corrected chi connectivity index (χ2v) is 7.30. The first kappa shape index (κ1) is 14.5. The Balaban J connectivity index is 2.26. The predicted molar refractivity (Wildman–Crippen MR) is 89.0 cm³/mol. The molecule has 0 saturated heterocycles. The van der Waals surface area contributed by atoms with Gasteiger partial charge in [-0.05, 0) is 40.8 Å². The van der Waals surface area contributed by atoms with Crippen molar-refractivity contribution in [3.05, 3.63) is 44.2 Å². The SMILES string of the molecule is Cn1nc(-c2csc(I)c2)c(-c2ccc(F)cc2F)c1N. The van der Waals surface area contributed by atoms with Crippen LogP contribution in [-0.4, -0.2) is 9.78 Å². The van der Waals surface area contributed by atoms with Gasteiger partial charge in [0.25, 0.3) is 0 Å². The molecule has 21 heavy (non-hydrogen) atoms. The van der Waals surface area contributed by atoms with Crippen LogP contribution in [0.1, 0.15) is 0 Å². The molecule has 0 amide bonds. The first-order valence-corrected chi connectivity index (χ1v) is 7.95. The number of thiophene rings is 1. The lowest BCUT2D eigenvalue weighted by Crippen LogP contribution is -1.98. The maximum Gasteiger partial charge on any atom is 0.134 e. The average Bonchev–Trinajstić information content (AvgIpc) is 2.96. The molecule has 0 bridgehead atoms. The van der Waals surface area contributed by atoms with Crippen LogP contribution in [0.2, 0.25) is 0 Å². The third-order valence-corrected chi connectivity index (χ3v) is 4.92. The van der Waals surface area contributed by atoms with E-state index in [1.54, 1.807) is 18.4 Å². The summed E-state index contributed by atoms with van der Waals surface area (Å²) in [5.41, 5.74) is 8.23. The summed E-state index contributed by atoms with van der Waals surface area (Å²) in [5, 5.41) is 6.31. The fraction of sp³-hybridized carbons (Fsp3) is 0.0714. The zero-order valence-electron chi connectivity index (χ0n) is 10.9. The van der Waals surface area contributed by atoms with Crippen molar-refractivity contribution in [3.8, 4) is 22.4 Å². The Hall–Kier alpha value is -1.48. The van der Waals surface area contributed by atoms with E-state index in [9.17, 15) is 8.78 Å². The van der Waals surface area contributed by atoms with Crippen molar-refractivity contribution in [2.75, 3.05) is 5.73 Å². The van der Waals surface area contributed by atoms with Crippen LogP contribution in [0, 0.1) is 14.5 Å². The summed E-state index contributed by atoms with van der Waals surface area (Å²) in [4.78, 5) is 0. The topological polar surface area (TPSA) is 43.8 Å². The van der Waals surface area contributed by atoms with Crippen molar-refractivity contribution in [2.24, 2.45) is 7.05 Å². The maximum atomic E-state index is 14.1. The van der Waals surface area contributed by atoms with Crippen molar-refractivity contribution in [2.45, 2.75) is 0 Å². The minimum atomic E-state index is -0.652. The molecular formula is C14H10F2IN3S. The average molecular weight is 417 g/mol. The van der Waals surface area contributed by atoms with Crippen molar-refractivity contribution in [1.82, 2.24) is 9.78 Å². The number of halogens is 3. The highest BCUT2D eigenvalue weighted by atomic mass is 127. The van der Waals surface area contributed by atoms with Crippen LogP contribution in [0.5, 0.6) is 0 Å². The van der Waals surface area contributed by atoms with E-state index in [-0.39, 0.29) is 5.56 Å². The summed E-state index contributed by atoms with van der Waals surface area (Å²) >= 11 is 3.78. The number of nitrogens with zero attached hydrogens (tertiary/aromatic N) is 2. The highest BCUT2D eigenvalue weighted by molar-refractivity contribution is 14.1. The molecule has 0 unspecified atom stereocenters. The standard InChI is InChI=1S/C14H10F2IN3S/c1-20-14(18)12(9-3-2-8(15)5-10(9)16)13(19-20)7-4-11(17)21-6-7/h2-6H,18H2,1H3. The first-order chi connectivity index (χ1) is 9.97. The van der Waals surface area contributed by atoms with Gasteiger partial charge in [0.1, 0.15) is 23.1 Å². The summed E-state index contributed by atoms with van der Waals surface area (Å²) in [6.45, 7) is 0. The molecule has 0 aliphatic rings. The molecular weight excluding hydrogens is 407 g/mol. The van der Waals surface area contributed by atoms with Gasteiger partial charge in [0.15, 0.2) is 0 Å². The molecule has 0 radical (unpaired) electrons. The second kappa shape index (κ2) is 5.38. The molecule has 0 fully saturated rings. The fourth-order valence-electron chi connectivity index (χ4n) is 2.13. The number of benzene rings is 1. The predicted octanol–water partition coefficient (Wildman–Crippen LogP) is 4.28. The summed E-state index contributed by atoms with van der Waals surface area (Å²) in [7, 11) is 1.70. The number of nitrogen functional groups attached to an aromatic ring is 1. The second-order valence-electron chi connectivity index (χ2n) is 4.50. The van der Waals surface area contributed by atoms with E-state index in [2.05, 4.69) is 27.7 Å². The molecule has 2 N–H and O–H groups in total. The van der Waals surface area contributed by atoms with Gasteiger partial charge in [-0.3, -0.25) is 4.68 Å². The van der Waals surface area contributed by atoms with Crippen molar-refractivity contribution >= 4 is 39.7 Å². The summed E-state index contributed by atoms with van der Waals surface area (Å²) in [6.07, 6.45) is 0. The molecule has 2 heterocycles. The van der Waals surface area contributed by atoms with Gasteiger partial charge in [0.2, 0.25) is 0 Å². The third kappa shape index (κ3) is 2.55. The summed E-state index contributed by atoms with van der Waals surface area (Å²) in [6, 6.07) is 5.41. The quantitative estimate of drug-likeness (QED) is 0.633. The normalized spacial score (nSPS) is 11.0. The number of nitrogens with two attached hydrogens (primary N) is 1. The highest BCUT2D eigenvalue weighted by Gasteiger charge is 2.21. The summed E-state index contributed by atoms with van der Waals surface area (Å²) in [5.74, 6) is -0.928. The smallest absolute Gasteiger partial charge is 0.134 e. The van der Waals surface area contributed by atoms with Crippen LogP contribution < -0.4 is 5.73 Å². The van der Waals surface area contributed by atoms with E-state index in [1.807, 2.05) is 11.4 Å². The molecule has 7 heteroatoms. The van der Waals surface area contributed by atoms with Gasteiger partial charge < -0.3 is 5.73 Å². The van der Waals surface area contributed by atoms with Crippen LogP contribution in [0.25, 0.3) is 22.4 Å². The zero-order chi connectivity index (χ0) is 15.1. The number of hydrogen-bond acceptors (Lipinski definition) is 3. The van der Waals surface area contributed by atoms with Crippen LogP contribution in [0.4, 0.5) is 14.6 Å². The van der Waals surface area contributed by atoms with E-state index in [0.29, 0.717) is 17.1 Å². The monoisotopic (exact) mass is 417 g/mol. The number of hydrogen-bond donors (Lipinski definition) is 1. The highest BCUT2D eigenvalue weighted by Crippen LogP contribution is 2.38. The molecule has 0 spiro atoms. The lowest BCUT2D eigenvalue weighted by Gasteiger charge is -2.05. The molecule has 0 atom stereocenters. The van der Waals surface area contributed by atoms with Crippen molar-refractivity contribution in [3.63, 3.8) is 0 Å². The van der Waals surface area contributed by atoms with Gasteiger partial charge in [0.05, 0.1) is 8.45 Å². The molecule has 3 aromatic rings. The van der Waals surface area contributed by atoms with Gasteiger partial charge in [-0.1, -0.05) is 0 Å². The number of anilines is 1. The maximum absolute atomic E-state index is 14.1. The van der Waals surface area contributed by atoms with Crippen molar-refractivity contribution < 1.29 is 8.78 Å². The Morgan fingerprint density at radius 1 is 1.29 bits per heavy atom. The van der Waals surface area contributed by atoms with Gasteiger partial charge in [-0.15, -0.1) is 11.3 Å². The Morgan fingerprint density at radius 2 is 2.05 bits per heavy atom. The van der Waals surface area contributed by atoms with Gasteiger partial charge >= 0.3 is 0 Å². The minimum absolute atomic E-state index is 0.248. The zero-order valence-corrected chi connectivity index (χ0v) is 13.9. The molecule has 2 aromatic heterocycles. The molecule has 3 rings (SSSR count). The Labute approximate surface area is 137 Å². The van der Waals surface area contributed by atoms with E-state index in [4.69, 9.17) is 5.73 Å². The largest absolute Gasteiger partial charge is 0.383 e. The fourth-order valence-corrected chi connectivity index (χ4v) is 3.46. The lowest BCUT2D eigenvalue weighted by molar-refractivity contribution is 0.585. The van der Waals surface area contributed by atoms with Crippen LogP contribution in [-0.2, 0) is 7.05 Å². The number of rotatable bonds is 2. The van der Waals surface area contributed by atoms with Gasteiger partial charge in [-0.25, -0.2) is 8.78 Å². The summed E-state index contributed by atoms with van der Waals surface area (Å²) < 4.78 is 29.8. The number of aryl methyl sites for hydroxylation is 1. The number of aromatic nitrogens is 2. The molecule has 3 nitrogen and oxygen atoms in total. The molecule has 108 valence electrons. The van der Waals surface area contributed by atoms with Crippen molar-refractivity contribution in [1.29, 1.82) is 0 Å². The Bertz CT molecular complexity index is 826. The van der Waals surface area contributed by atoms with E-state index in [1.165, 1.54) is 16.8 Å². The van der Waals surface area contributed by atoms with E-state index in [0.717, 1.165) is 14.5 Å². The first-order valence-electron chi connectivity index (χ1n) is 5.99.